The Labute approximate surface area is 150 Å². The SMILES string of the molecule is CC1(C)OC(=O)c2c(C(=O)N3C[C@@H]4CCOC[C@]4(C(=O)O)C3)cccc21. The zero-order valence-electron chi connectivity index (χ0n) is 14.8. The molecule has 2 saturated heterocycles. The van der Waals surface area contributed by atoms with Crippen molar-refractivity contribution in [3.05, 3.63) is 34.9 Å². The summed E-state index contributed by atoms with van der Waals surface area (Å²) in [6.07, 6.45) is 0.609. The smallest absolute Gasteiger partial charge is 0.340 e. The third-order valence-corrected chi connectivity index (χ3v) is 5.87. The molecule has 3 aliphatic heterocycles. The number of benzene rings is 1. The fourth-order valence-corrected chi connectivity index (χ4v) is 4.40. The van der Waals surface area contributed by atoms with E-state index in [4.69, 9.17) is 9.47 Å². The summed E-state index contributed by atoms with van der Waals surface area (Å²) in [5.41, 5.74) is -0.596. The first-order valence-electron chi connectivity index (χ1n) is 8.73. The maximum atomic E-state index is 13.2. The third kappa shape index (κ3) is 2.26. The van der Waals surface area contributed by atoms with Gasteiger partial charge in [0.05, 0.1) is 17.7 Å². The summed E-state index contributed by atoms with van der Waals surface area (Å²) in [6, 6.07) is 5.12. The van der Waals surface area contributed by atoms with E-state index in [9.17, 15) is 19.5 Å². The Kier molecular flexibility index (Phi) is 3.63. The van der Waals surface area contributed by atoms with E-state index in [1.165, 1.54) is 0 Å². The van der Waals surface area contributed by atoms with Gasteiger partial charge in [0.1, 0.15) is 11.0 Å². The molecule has 0 radical (unpaired) electrons. The molecule has 0 aromatic heterocycles. The van der Waals surface area contributed by atoms with E-state index < -0.39 is 23.0 Å². The van der Waals surface area contributed by atoms with E-state index in [0.717, 1.165) is 0 Å². The van der Waals surface area contributed by atoms with Crippen molar-refractivity contribution >= 4 is 17.8 Å². The highest BCUT2D eigenvalue weighted by atomic mass is 16.6. The summed E-state index contributed by atoms with van der Waals surface area (Å²) in [6.45, 7) is 4.63. The summed E-state index contributed by atoms with van der Waals surface area (Å²) in [7, 11) is 0. The molecule has 3 aliphatic rings. The molecule has 26 heavy (non-hydrogen) atoms. The lowest BCUT2D eigenvalue weighted by Gasteiger charge is -2.33. The third-order valence-electron chi connectivity index (χ3n) is 5.87. The maximum Gasteiger partial charge on any atom is 0.340 e. The summed E-state index contributed by atoms with van der Waals surface area (Å²) in [4.78, 5) is 38.9. The molecule has 2 atom stereocenters. The van der Waals surface area contributed by atoms with Gasteiger partial charge in [0.15, 0.2) is 0 Å². The number of cyclic esters (lactones) is 1. The van der Waals surface area contributed by atoms with E-state index in [-0.39, 0.29) is 36.1 Å². The van der Waals surface area contributed by atoms with Gasteiger partial charge in [0.2, 0.25) is 0 Å². The van der Waals surface area contributed by atoms with Gasteiger partial charge in [0, 0.05) is 25.3 Å². The van der Waals surface area contributed by atoms with Gasteiger partial charge in [-0.15, -0.1) is 0 Å². The molecule has 1 N–H and O–H groups in total. The molecular weight excluding hydrogens is 338 g/mol. The fraction of sp³-hybridized carbons (Fsp3) is 0.526. The summed E-state index contributed by atoms with van der Waals surface area (Å²) < 4.78 is 10.8. The molecular formula is C19H21NO6. The number of hydrogen-bond donors (Lipinski definition) is 1. The molecule has 7 nitrogen and oxygen atoms in total. The first kappa shape index (κ1) is 17.0. The number of rotatable bonds is 2. The number of aliphatic carboxylic acids is 1. The topological polar surface area (TPSA) is 93.1 Å². The number of nitrogens with zero attached hydrogens (tertiary/aromatic N) is 1. The number of hydrogen-bond acceptors (Lipinski definition) is 5. The van der Waals surface area contributed by atoms with Gasteiger partial charge in [-0.05, 0) is 32.3 Å². The van der Waals surface area contributed by atoms with Crippen molar-refractivity contribution in [2.45, 2.75) is 25.9 Å². The minimum Gasteiger partial charge on any atom is -0.481 e. The van der Waals surface area contributed by atoms with Crippen LogP contribution in [0.3, 0.4) is 0 Å². The predicted molar refractivity (Wildman–Crippen MR) is 89.8 cm³/mol. The lowest BCUT2D eigenvalue weighted by atomic mass is 9.76. The van der Waals surface area contributed by atoms with E-state index in [1.54, 1.807) is 36.9 Å². The molecule has 2 fully saturated rings. The first-order valence-corrected chi connectivity index (χ1v) is 8.73. The second kappa shape index (κ2) is 5.54. The molecule has 0 aliphatic carbocycles. The Morgan fingerprint density at radius 3 is 2.77 bits per heavy atom. The van der Waals surface area contributed by atoms with Gasteiger partial charge in [-0.3, -0.25) is 9.59 Å². The van der Waals surface area contributed by atoms with Crippen LogP contribution in [0.25, 0.3) is 0 Å². The van der Waals surface area contributed by atoms with Gasteiger partial charge < -0.3 is 19.5 Å². The second-order valence-electron chi connectivity index (χ2n) is 7.81. The zero-order chi connectivity index (χ0) is 18.7. The first-order chi connectivity index (χ1) is 12.3. The quantitative estimate of drug-likeness (QED) is 0.807. The average Bonchev–Trinajstić information content (AvgIpc) is 3.11. The lowest BCUT2D eigenvalue weighted by molar-refractivity contribution is -0.159. The van der Waals surface area contributed by atoms with E-state index in [1.807, 2.05) is 0 Å². The van der Waals surface area contributed by atoms with Crippen molar-refractivity contribution < 1.29 is 29.0 Å². The predicted octanol–water partition coefficient (Wildman–Crippen LogP) is 1.66. The number of carbonyl (C=O) groups excluding carboxylic acids is 2. The number of carboxylic acids is 1. The highest BCUT2D eigenvalue weighted by Gasteiger charge is 2.55. The van der Waals surface area contributed by atoms with Crippen molar-refractivity contribution in [3.63, 3.8) is 0 Å². The normalized spacial score (nSPS) is 29.1. The molecule has 1 aromatic carbocycles. The van der Waals surface area contributed by atoms with Gasteiger partial charge in [-0.2, -0.15) is 0 Å². The molecule has 3 heterocycles. The van der Waals surface area contributed by atoms with E-state index >= 15 is 0 Å². The fourth-order valence-electron chi connectivity index (χ4n) is 4.40. The molecule has 0 saturated carbocycles. The van der Waals surface area contributed by atoms with Gasteiger partial charge in [0.25, 0.3) is 5.91 Å². The minimum atomic E-state index is -1.06. The van der Waals surface area contributed by atoms with Gasteiger partial charge in [-0.25, -0.2) is 4.79 Å². The van der Waals surface area contributed by atoms with Crippen LogP contribution in [0.4, 0.5) is 0 Å². The van der Waals surface area contributed by atoms with Crippen LogP contribution in [0, 0.1) is 11.3 Å². The molecule has 138 valence electrons. The van der Waals surface area contributed by atoms with Crippen molar-refractivity contribution in [2.24, 2.45) is 11.3 Å². The van der Waals surface area contributed by atoms with Gasteiger partial charge in [-0.1, -0.05) is 12.1 Å². The maximum absolute atomic E-state index is 13.2. The van der Waals surface area contributed by atoms with Crippen LogP contribution in [0.2, 0.25) is 0 Å². The highest BCUT2D eigenvalue weighted by Crippen LogP contribution is 2.43. The molecule has 1 amide bonds. The Hall–Kier alpha value is -2.41. The van der Waals surface area contributed by atoms with Crippen LogP contribution in [0.5, 0.6) is 0 Å². The van der Waals surface area contributed by atoms with Crippen LogP contribution in [0.1, 0.15) is 46.5 Å². The van der Waals surface area contributed by atoms with Crippen LogP contribution < -0.4 is 0 Å². The van der Waals surface area contributed by atoms with Crippen LogP contribution >= 0.6 is 0 Å². The van der Waals surface area contributed by atoms with Crippen molar-refractivity contribution in [2.75, 3.05) is 26.3 Å². The number of carbonyl (C=O) groups is 3. The summed E-state index contributed by atoms with van der Waals surface area (Å²) >= 11 is 0. The number of fused-ring (bicyclic) bond motifs is 2. The van der Waals surface area contributed by atoms with Crippen LogP contribution in [-0.2, 0) is 19.9 Å². The Morgan fingerprint density at radius 2 is 2.08 bits per heavy atom. The largest absolute Gasteiger partial charge is 0.481 e. The van der Waals surface area contributed by atoms with Crippen molar-refractivity contribution in [3.8, 4) is 0 Å². The Morgan fingerprint density at radius 1 is 1.31 bits per heavy atom. The zero-order valence-corrected chi connectivity index (χ0v) is 14.8. The Balaban J connectivity index is 1.70. The number of esters is 1. The second-order valence-corrected chi connectivity index (χ2v) is 7.81. The molecule has 1 aromatic rings. The lowest BCUT2D eigenvalue weighted by Crippen LogP contribution is -2.46. The van der Waals surface area contributed by atoms with Crippen molar-refractivity contribution in [1.29, 1.82) is 0 Å². The van der Waals surface area contributed by atoms with Crippen molar-refractivity contribution in [1.82, 2.24) is 4.90 Å². The molecule has 0 bridgehead atoms. The van der Waals surface area contributed by atoms with E-state index in [2.05, 4.69) is 0 Å². The number of ether oxygens (including phenoxy) is 2. The molecule has 0 unspecified atom stereocenters. The molecule has 4 rings (SSSR count). The van der Waals surface area contributed by atoms with Gasteiger partial charge >= 0.3 is 11.9 Å². The highest BCUT2D eigenvalue weighted by molar-refractivity contribution is 6.08. The van der Waals surface area contributed by atoms with Crippen LogP contribution in [0.15, 0.2) is 18.2 Å². The average molecular weight is 359 g/mol. The van der Waals surface area contributed by atoms with Crippen LogP contribution in [-0.4, -0.2) is 54.2 Å². The monoisotopic (exact) mass is 359 g/mol. The molecule has 7 heteroatoms. The van der Waals surface area contributed by atoms with E-state index in [0.29, 0.717) is 25.1 Å². The molecule has 0 spiro atoms. The number of carboxylic acid groups (broad SMARTS) is 1. The number of amides is 1. The minimum absolute atomic E-state index is 0.0912. The summed E-state index contributed by atoms with van der Waals surface area (Å²) in [5, 5.41) is 9.74. The standard InChI is InChI=1S/C19H21NO6/c1-18(2)13-5-3-4-12(14(13)16(22)26-18)15(21)20-8-11-6-7-25-10-19(11,9-20)17(23)24/h3-5,11H,6-10H2,1-2H3,(H,23,24)/t11-,19+/m0/s1. The summed E-state index contributed by atoms with van der Waals surface area (Å²) in [5.74, 6) is -1.91. The number of likely N-dealkylation sites (tertiary alicyclic amines) is 1. The Bertz CT molecular complexity index is 816.